The number of hydrogen-bond donors (Lipinski definition) is 1. The largest absolute Gasteiger partial charge is 0.487 e. The Morgan fingerprint density at radius 2 is 1.91 bits per heavy atom. The van der Waals surface area contributed by atoms with E-state index >= 15 is 0 Å². The summed E-state index contributed by atoms with van der Waals surface area (Å²) in [6.45, 7) is 8.02. The van der Waals surface area contributed by atoms with Crippen LogP contribution < -0.4 is 10.5 Å². The van der Waals surface area contributed by atoms with Crippen molar-refractivity contribution in [2.75, 3.05) is 0 Å². The number of nitrogens with zero attached hydrogens (tertiary/aromatic N) is 3. The summed E-state index contributed by atoms with van der Waals surface area (Å²) in [4.78, 5) is 0. The third-order valence-electron chi connectivity index (χ3n) is 3.85. The maximum atomic E-state index is 6.05. The zero-order valence-corrected chi connectivity index (χ0v) is 13.8. The molecule has 5 heteroatoms. The molecule has 0 unspecified atom stereocenters. The second kappa shape index (κ2) is 7.94. The minimum atomic E-state index is 0.388. The van der Waals surface area contributed by atoms with E-state index in [4.69, 9.17) is 10.5 Å². The average molecular weight is 302 g/mol. The Labute approximate surface area is 132 Å². The molecule has 120 valence electrons. The van der Waals surface area contributed by atoms with Crippen molar-refractivity contribution in [3.05, 3.63) is 40.7 Å². The highest BCUT2D eigenvalue weighted by molar-refractivity contribution is 5.39. The highest BCUT2D eigenvalue weighted by atomic mass is 16.5. The van der Waals surface area contributed by atoms with E-state index < -0.39 is 0 Å². The van der Waals surface area contributed by atoms with E-state index in [2.05, 4.69) is 43.2 Å². The smallest absolute Gasteiger partial charge is 0.132 e. The topological polar surface area (TPSA) is 66.0 Å². The highest BCUT2D eigenvalue weighted by Crippen LogP contribution is 2.23. The number of unbranched alkanes of at least 4 members (excludes halogenated alkanes) is 2. The summed E-state index contributed by atoms with van der Waals surface area (Å²) in [5.41, 5.74) is 9.86. The van der Waals surface area contributed by atoms with Crippen LogP contribution in [0.1, 0.15) is 48.7 Å². The molecule has 0 bridgehead atoms. The van der Waals surface area contributed by atoms with Gasteiger partial charge < -0.3 is 10.5 Å². The summed E-state index contributed by atoms with van der Waals surface area (Å²) in [5.74, 6) is 0.937. The van der Waals surface area contributed by atoms with Crippen LogP contribution in [0.4, 0.5) is 0 Å². The summed E-state index contributed by atoms with van der Waals surface area (Å²) < 4.78 is 7.98. The fourth-order valence-corrected chi connectivity index (χ4v) is 2.54. The van der Waals surface area contributed by atoms with Crippen LogP contribution in [0, 0.1) is 13.8 Å². The minimum Gasteiger partial charge on any atom is -0.487 e. The molecule has 1 aromatic heterocycles. The van der Waals surface area contributed by atoms with Crippen molar-refractivity contribution in [2.24, 2.45) is 5.73 Å². The Bertz CT molecular complexity index is 586. The van der Waals surface area contributed by atoms with Gasteiger partial charge in [0, 0.05) is 13.1 Å². The quantitative estimate of drug-likeness (QED) is 0.761. The molecule has 0 radical (unpaired) electrons. The van der Waals surface area contributed by atoms with Crippen LogP contribution in [-0.4, -0.2) is 15.0 Å². The number of rotatable bonds is 8. The third-order valence-corrected chi connectivity index (χ3v) is 3.85. The molecule has 0 amide bonds. The molecule has 0 aliphatic carbocycles. The van der Waals surface area contributed by atoms with Gasteiger partial charge in [-0.05, 0) is 31.4 Å². The van der Waals surface area contributed by atoms with E-state index in [1.165, 1.54) is 12.8 Å². The normalized spacial score (nSPS) is 10.9. The van der Waals surface area contributed by atoms with Gasteiger partial charge in [-0.3, -0.25) is 0 Å². The van der Waals surface area contributed by atoms with Crippen LogP contribution in [0.25, 0.3) is 0 Å². The number of benzene rings is 1. The molecule has 0 aliphatic rings. The lowest BCUT2D eigenvalue weighted by atomic mass is 10.1. The summed E-state index contributed by atoms with van der Waals surface area (Å²) in [5, 5.41) is 8.40. The zero-order valence-electron chi connectivity index (χ0n) is 13.8. The molecule has 22 heavy (non-hydrogen) atoms. The van der Waals surface area contributed by atoms with Crippen molar-refractivity contribution in [1.29, 1.82) is 0 Å². The first-order valence-electron chi connectivity index (χ1n) is 7.97. The van der Waals surface area contributed by atoms with Crippen molar-refractivity contribution >= 4 is 0 Å². The molecule has 0 atom stereocenters. The average Bonchev–Trinajstić information content (AvgIpc) is 2.89. The molecule has 0 aliphatic heterocycles. The van der Waals surface area contributed by atoms with Gasteiger partial charge in [-0.2, -0.15) is 0 Å². The molecule has 2 rings (SSSR count). The maximum Gasteiger partial charge on any atom is 0.132 e. The van der Waals surface area contributed by atoms with E-state index in [0.29, 0.717) is 13.2 Å². The first kappa shape index (κ1) is 16.5. The lowest BCUT2D eigenvalue weighted by molar-refractivity contribution is 0.285. The monoisotopic (exact) mass is 302 g/mol. The van der Waals surface area contributed by atoms with Crippen LogP contribution in [0.2, 0.25) is 0 Å². The van der Waals surface area contributed by atoms with Gasteiger partial charge in [0.1, 0.15) is 23.7 Å². The standard InChI is InChI=1S/C17H26N4O/c1-4-5-6-10-21-16(15(11-18)19-20-21)12-22-17-13(2)8-7-9-14(17)3/h7-9H,4-6,10-12,18H2,1-3H3. The molecule has 0 saturated carbocycles. The van der Waals surface area contributed by atoms with E-state index in [9.17, 15) is 0 Å². The second-order valence-electron chi connectivity index (χ2n) is 5.63. The van der Waals surface area contributed by atoms with Gasteiger partial charge in [0.05, 0.1) is 0 Å². The second-order valence-corrected chi connectivity index (χ2v) is 5.63. The Hall–Kier alpha value is -1.88. The lowest BCUT2D eigenvalue weighted by Crippen LogP contribution is -2.11. The molecule has 5 nitrogen and oxygen atoms in total. The highest BCUT2D eigenvalue weighted by Gasteiger charge is 2.13. The van der Waals surface area contributed by atoms with Crippen LogP contribution in [0.5, 0.6) is 5.75 Å². The SMILES string of the molecule is CCCCCn1nnc(CN)c1COc1c(C)cccc1C. The Kier molecular flexibility index (Phi) is 5.95. The van der Waals surface area contributed by atoms with Gasteiger partial charge in [-0.25, -0.2) is 4.68 Å². The fraction of sp³-hybridized carbons (Fsp3) is 0.529. The number of aromatic nitrogens is 3. The predicted molar refractivity (Wildman–Crippen MR) is 87.7 cm³/mol. The van der Waals surface area contributed by atoms with Gasteiger partial charge in [0.15, 0.2) is 0 Å². The van der Waals surface area contributed by atoms with Gasteiger partial charge in [-0.15, -0.1) is 5.10 Å². The Morgan fingerprint density at radius 1 is 1.18 bits per heavy atom. The molecular weight excluding hydrogens is 276 g/mol. The number of para-hydroxylation sites is 1. The van der Waals surface area contributed by atoms with E-state index in [-0.39, 0.29) is 0 Å². The number of ether oxygens (including phenoxy) is 1. The van der Waals surface area contributed by atoms with Crippen LogP contribution in [0.3, 0.4) is 0 Å². The first-order chi connectivity index (χ1) is 10.7. The fourth-order valence-electron chi connectivity index (χ4n) is 2.54. The first-order valence-corrected chi connectivity index (χ1v) is 7.97. The number of aryl methyl sites for hydroxylation is 3. The minimum absolute atomic E-state index is 0.388. The van der Waals surface area contributed by atoms with Gasteiger partial charge >= 0.3 is 0 Å². The molecule has 1 heterocycles. The molecule has 0 fully saturated rings. The number of hydrogen-bond acceptors (Lipinski definition) is 4. The van der Waals surface area contributed by atoms with Gasteiger partial charge in [0.25, 0.3) is 0 Å². The molecule has 0 spiro atoms. The Morgan fingerprint density at radius 3 is 2.55 bits per heavy atom. The van der Waals surface area contributed by atoms with Crippen molar-refractivity contribution in [1.82, 2.24) is 15.0 Å². The van der Waals surface area contributed by atoms with Crippen molar-refractivity contribution in [2.45, 2.75) is 59.7 Å². The van der Waals surface area contributed by atoms with Crippen LogP contribution in [0.15, 0.2) is 18.2 Å². The maximum absolute atomic E-state index is 6.05. The molecule has 2 N–H and O–H groups in total. The number of nitrogens with two attached hydrogens (primary N) is 1. The van der Waals surface area contributed by atoms with Crippen molar-refractivity contribution in [3.63, 3.8) is 0 Å². The summed E-state index contributed by atoms with van der Waals surface area (Å²) >= 11 is 0. The zero-order chi connectivity index (χ0) is 15.9. The lowest BCUT2D eigenvalue weighted by Gasteiger charge is -2.13. The predicted octanol–water partition coefficient (Wildman–Crippen LogP) is 3.12. The van der Waals surface area contributed by atoms with E-state index in [1.54, 1.807) is 0 Å². The van der Waals surface area contributed by atoms with Crippen molar-refractivity contribution in [3.8, 4) is 5.75 Å². The van der Waals surface area contributed by atoms with Crippen LogP contribution >= 0.6 is 0 Å². The third kappa shape index (κ3) is 3.85. The molecular formula is C17H26N4O. The van der Waals surface area contributed by atoms with E-state index in [0.717, 1.165) is 41.2 Å². The summed E-state index contributed by atoms with van der Waals surface area (Å²) in [7, 11) is 0. The van der Waals surface area contributed by atoms with Gasteiger partial charge in [-0.1, -0.05) is 43.2 Å². The summed E-state index contributed by atoms with van der Waals surface area (Å²) in [6.07, 6.45) is 3.47. The van der Waals surface area contributed by atoms with Crippen molar-refractivity contribution < 1.29 is 4.74 Å². The molecule has 2 aromatic rings. The van der Waals surface area contributed by atoms with E-state index in [1.807, 2.05) is 10.7 Å². The van der Waals surface area contributed by atoms with Crippen LogP contribution in [-0.2, 0) is 19.7 Å². The molecule has 0 saturated heterocycles. The Balaban J connectivity index is 2.12. The summed E-state index contributed by atoms with van der Waals surface area (Å²) in [6, 6.07) is 6.16. The molecule has 1 aromatic carbocycles. The van der Waals surface area contributed by atoms with Gasteiger partial charge in [0.2, 0.25) is 0 Å².